The molecule has 2 N–H and O–H groups in total. The average molecular weight is 402 g/mol. The highest BCUT2D eigenvalue weighted by Crippen LogP contribution is 2.31. The highest BCUT2D eigenvalue weighted by Gasteiger charge is 2.19. The van der Waals surface area contributed by atoms with Gasteiger partial charge >= 0.3 is 0 Å². The van der Waals surface area contributed by atoms with Crippen LogP contribution in [-0.4, -0.2) is 14.3 Å². The molecule has 0 unspecified atom stereocenters. The summed E-state index contributed by atoms with van der Waals surface area (Å²) in [6, 6.07) is 27.8. The number of hydrogen-bond donors (Lipinski definition) is 2. The highest BCUT2D eigenvalue weighted by molar-refractivity contribution is 7.93. The third kappa shape index (κ3) is 3.97. The molecule has 4 rings (SSSR count). The lowest BCUT2D eigenvalue weighted by atomic mass is 10.1. The number of fused-ring (bicyclic) bond motifs is 1. The SMILES string of the molecule is O=C(Nc1ccc(S(=O)(=O)Nc2ccccc2)c2ccccc12)c1ccccc1. The first-order valence-electron chi connectivity index (χ1n) is 9.01. The van der Waals surface area contributed by atoms with Gasteiger partial charge in [-0.25, -0.2) is 8.42 Å². The zero-order valence-electron chi connectivity index (χ0n) is 15.4. The highest BCUT2D eigenvalue weighted by atomic mass is 32.2. The maximum absolute atomic E-state index is 13.0. The Kier molecular flexibility index (Phi) is 5.01. The number of amides is 1. The maximum Gasteiger partial charge on any atom is 0.262 e. The van der Waals surface area contributed by atoms with Crippen molar-refractivity contribution in [2.45, 2.75) is 4.90 Å². The van der Waals surface area contributed by atoms with Crippen molar-refractivity contribution in [3.63, 3.8) is 0 Å². The molecule has 4 aromatic carbocycles. The van der Waals surface area contributed by atoms with Crippen molar-refractivity contribution in [3.8, 4) is 0 Å². The number of carbonyl (C=O) groups excluding carboxylic acids is 1. The Balaban J connectivity index is 1.73. The average Bonchev–Trinajstić information content (AvgIpc) is 2.75. The van der Waals surface area contributed by atoms with E-state index in [0.29, 0.717) is 27.7 Å². The van der Waals surface area contributed by atoms with E-state index in [1.54, 1.807) is 72.8 Å². The van der Waals surface area contributed by atoms with Crippen molar-refractivity contribution < 1.29 is 13.2 Å². The minimum absolute atomic E-state index is 0.148. The van der Waals surface area contributed by atoms with Crippen LogP contribution < -0.4 is 10.0 Å². The quantitative estimate of drug-likeness (QED) is 0.499. The Morgan fingerprint density at radius 1 is 0.655 bits per heavy atom. The van der Waals surface area contributed by atoms with Gasteiger partial charge in [-0.2, -0.15) is 0 Å². The molecule has 1 amide bonds. The van der Waals surface area contributed by atoms with Gasteiger partial charge in [-0.05, 0) is 36.4 Å². The van der Waals surface area contributed by atoms with Crippen LogP contribution in [0.15, 0.2) is 102 Å². The van der Waals surface area contributed by atoms with Crippen LogP contribution in [0.1, 0.15) is 10.4 Å². The Hall–Kier alpha value is -3.64. The Morgan fingerprint density at radius 2 is 1.24 bits per heavy atom. The summed E-state index contributed by atoms with van der Waals surface area (Å²) in [5, 5.41) is 4.05. The number of para-hydroxylation sites is 1. The van der Waals surface area contributed by atoms with Crippen molar-refractivity contribution in [2.24, 2.45) is 0 Å². The maximum atomic E-state index is 13.0. The summed E-state index contributed by atoms with van der Waals surface area (Å²) in [6.07, 6.45) is 0. The number of hydrogen-bond acceptors (Lipinski definition) is 3. The minimum Gasteiger partial charge on any atom is -0.321 e. The van der Waals surface area contributed by atoms with Crippen LogP contribution in [0.4, 0.5) is 11.4 Å². The van der Waals surface area contributed by atoms with E-state index in [4.69, 9.17) is 0 Å². The van der Waals surface area contributed by atoms with Gasteiger partial charge in [0.15, 0.2) is 0 Å². The van der Waals surface area contributed by atoms with Crippen molar-refractivity contribution in [2.75, 3.05) is 10.0 Å². The van der Waals surface area contributed by atoms with Gasteiger partial charge in [0, 0.05) is 27.7 Å². The van der Waals surface area contributed by atoms with Gasteiger partial charge in [0.05, 0.1) is 4.90 Å². The van der Waals surface area contributed by atoms with E-state index in [-0.39, 0.29) is 10.8 Å². The van der Waals surface area contributed by atoms with Gasteiger partial charge in [0.2, 0.25) is 0 Å². The summed E-state index contributed by atoms with van der Waals surface area (Å²) in [7, 11) is -3.80. The molecular formula is C23H18N2O3S. The molecule has 0 aliphatic rings. The van der Waals surface area contributed by atoms with Crippen molar-refractivity contribution in [1.29, 1.82) is 0 Å². The molecule has 5 nitrogen and oxygen atoms in total. The van der Waals surface area contributed by atoms with Crippen LogP contribution in [0.2, 0.25) is 0 Å². The zero-order chi connectivity index (χ0) is 20.3. The van der Waals surface area contributed by atoms with Crippen LogP contribution in [0.25, 0.3) is 10.8 Å². The van der Waals surface area contributed by atoms with Crippen LogP contribution in [-0.2, 0) is 10.0 Å². The van der Waals surface area contributed by atoms with E-state index in [9.17, 15) is 13.2 Å². The molecule has 0 saturated carbocycles. The van der Waals surface area contributed by atoms with E-state index in [0.717, 1.165) is 0 Å². The summed E-state index contributed by atoms with van der Waals surface area (Å²) in [6.45, 7) is 0. The molecule has 0 atom stereocenters. The fourth-order valence-electron chi connectivity index (χ4n) is 3.12. The van der Waals surface area contributed by atoms with Crippen LogP contribution in [0.5, 0.6) is 0 Å². The molecule has 0 radical (unpaired) electrons. The van der Waals surface area contributed by atoms with E-state index in [1.165, 1.54) is 6.07 Å². The molecule has 6 heteroatoms. The summed E-state index contributed by atoms with van der Waals surface area (Å²) in [4.78, 5) is 12.7. The molecule has 4 aromatic rings. The standard InChI is InChI=1S/C23H18N2O3S/c26-23(17-9-3-1-4-10-17)24-21-15-16-22(20-14-8-7-13-19(20)21)29(27,28)25-18-11-5-2-6-12-18/h1-16,25H,(H,24,26). The lowest BCUT2D eigenvalue weighted by Crippen LogP contribution is -2.15. The predicted octanol–water partition coefficient (Wildman–Crippen LogP) is 4.89. The predicted molar refractivity (Wildman–Crippen MR) is 116 cm³/mol. The number of anilines is 2. The first kappa shape index (κ1) is 18.7. The zero-order valence-corrected chi connectivity index (χ0v) is 16.2. The Labute approximate surface area is 169 Å². The number of carbonyl (C=O) groups is 1. The van der Waals surface area contributed by atoms with E-state index in [2.05, 4.69) is 10.0 Å². The molecule has 0 bridgehead atoms. The van der Waals surface area contributed by atoms with Crippen molar-refractivity contribution in [1.82, 2.24) is 0 Å². The van der Waals surface area contributed by atoms with E-state index < -0.39 is 10.0 Å². The van der Waals surface area contributed by atoms with Crippen molar-refractivity contribution in [3.05, 3.63) is 103 Å². The van der Waals surface area contributed by atoms with Crippen LogP contribution in [0, 0.1) is 0 Å². The van der Waals surface area contributed by atoms with Crippen molar-refractivity contribution >= 4 is 38.1 Å². The first-order chi connectivity index (χ1) is 14.0. The summed E-state index contributed by atoms with van der Waals surface area (Å²) >= 11 is 0. The van der Waals surface area contributed by atoms with Gasteiger partial charge in [0.1, 0.15) is 0 Å². The normalized spacial score (nSPS) is 11.2. The third-order valence-electron chi connectivity index (χ3n) is 4.48. The number of sulfonamides is 1. The lowest BCUT2D eigenvalue weighted by Gasteiger charge is -2.14. The molecule has 0 aromatic heterocycles. The van der Waals surface area contributed by atoms with Gasteiger partial charge in [-0.3, -0.25) is 9.52 Å². The second kappa shape index (κ2) is 7.77. The van der Waals surface area contributed by atoms with Gasteiger partial charge in [-0.15, -0.1) is 0 Å². The molecule has 0 spiro atoms. The smallest absolute Gasteiger partial charge is 0.262 e. The monoisotopic (exact) mass is 402 g/mol. The second-order valence-electron chi connectivity index (χ2n) is 6.45. The third-order valence-corrected chi connectivity index (χ3v) is 5.92. The molecule has 0 heterocycles. The molecule has 0 aliphatic heterocycles. The van der Waals surface area contributed by atoms with E-state index >= 15 is 0 Å². The summed E-state index contributed by atoms with van der Waals surface area (Å²) in [5.41, 5.74) is 1.56. The number of rotatable bonds is 5. The fraction of sp³-hybridized carbons (Fsp3) is 0. The Bertz CT molecular complexity index is 1270. The van der Waals surface area contributed by atoms with Crippen LogP contribution >= 0.6 is 0 Å². The molecule has 29 heavy (non-hydrogen) atoms. The second-order valence-corrected chi connectivity index (χ2v) is 8.10. The van der Waals surface area contributed by atoms with Gasteiger partial charge in [0.25, 0.3) is 15.9 Å². The molecule has 0 fully saturated rings. The van der Waals surface area contributed by atoms with E-state index in [1.807, 2.05) is 18.2 Å². The minimum atomic E-state index is -3.80. The molecule has 144 valence electrons. The molecule has 0 saturated heterocycles. The Morgan fingerprint density at radius 3 is 1.93 bits per heavy atom. The lowest BCUT2D eigenvalue weighted by molar-refractivity contribution is 0.102. The van der Waals surface area contributed by atoms with Crippen LogP contribution in [0.3, 0.4) is 0 Å². The number of benzene rings is 4. The molecule has 0 aliphatic carbocycles. The topological polar surface area (TPSA) is 75.3 Å². The largest absolute Gasteiger partial charge is 0.321 e. The first-order valence-corrected chi connectivity index (χ1v) is 10.5. The summed E-state index contributed by atoms with van der Waals surface area (Å²) < 4.78 is 28.5. The van der Waals surface area contributed by atoms with Gasteiger partial charge in [-0.1, -0.05) is 60.7 Å². The number of nitrogens with one attached hydrogen (secondary N) is 2. The fourth-order valence-corrected chi connectivity index (χ4v) is 4.39. The van der Waals surface area contributed by atoms with Gasteiger partial charge < -0.3 is 5.32 Å². The molecular weight excluding hydrogens is 384 g/mol. The summed E-state index contributed by atoms with van der Waals surface area (Å²) in [5.74, 6) is -0.256.